The molecule has 2 fully saturated rings. The smallest absolute Gasteiger partial charge is 0.0700 e. The molecule has 0 spiro atoms. The maximum Gasteiger partial charge on any atom is 0.0700 e. The maximum absolute atomic E-state index is 5.59. The molecule has 2 nitrogen and oxygen atoms in total. The van der Waals surface area contributed by atoms with E-state index in [-0.39, 0.29) is 0 Å². The Morgan fingerprint density at radius 3 is 2.31 bits per heavy atom. The Bertz CT molecular complexity index is 187. The normalized spacial score (nSPS) is 33.6. The Balaban J connectivity index is 1.67. The summed E-state index contributed by atoms with van der Waals surface area (Å²) in [6.45, 7) is 4.37. The molecule has 2 rings (SSSR count). The predicted octanol–water partition coefficient (Wildman–Crippen LogP) is 3.11. The van der Waals surface area contributed by atoms with Crippen LogP contribution in [0.4, 0.5) is 0 Å². The van der Waals surface area contributed by atoms with Gasteiger partial charge in [0, 0.05) is 12.6 Å². The fourth-order valence-electron chi connectivity index (χ4n) is 3.06. The summed E-state index contributed by atoms with van der Waals surface area (Å²) in [5.41, 5.74) is 0. The third-order valence-electron chi connectivity index (χ3n) is 4.27. The summed E-state index contributed by atoms with van der Waals surface area (Å²) in [7, 11) is 0. The highest BCUT2D eigenvalue weighted by molar-refractivity contribution is 4.80. The molecule has 2 heteroatoms. The summed E-state index contributed by atoms with van der Waals surface area (Å²) in [5, 5.41) is 3.72. The van der Waals surface area contributed by atoms with Crippen LogP contribution in [0.1, 0.15) is 58.3 Å². The lowest BCUT2D eigenvalue weighted by Gasteiger charge is -2.23. The van der Waals surface area contributed by atoms with E-state index in [1.54, 1.807) is 0 Å². The van der Waals surface area contributed by atoms with Crippen LogP contribution in [-0.4, -0.2) is 25.3 Å². The molecule has 1 aliphatic carbocycles. The summed E-state index contributed by atoms with van der Waals surface area (Å²) in [5.74, 6) is 0.924. The van der Waals surface area contributed by atoms with E-state index in [0.717, 1.165) is 12.5 Å². The van der Waals surface area contributed by atoms with Crippen LogP contribution < -0.4 is 5.32 Å². The quantitative estimate of drug-likeness (QED) is 0.797. The minimum Gasteiger partial charge on any atom is -0.377 e. The van der Waals surface area contributed by atoms with E-state index in [0.29, 0.717) is 12.1 Å². The lowest BCUT2D eigenvalue weighted by molar-refractivity contribution is 0.112. The largest absolute Gasteiger partial charge is 0.377 e. The second-order valence-electron chi connectivity index (χ2n) is 5.59. The van der Waals surface area contributed by atoms with Gasteiger partial charge < -0.3 is 10.1 Å². The van der Waals surface area contributed by atoms with E-state index in [2.05, 4.69) is 12.2 Å². The van der Waals surface area contributed by atoms with Gasteiger partial charge in [0.2, 0.25) is 0 Å². The van der Waals surface area contributed by atoms with Gasteiger partial charge in [-0.05, 0) is 38.6 Å². The first kappa shape index (κ1) is 12.4. The van der Waals surface area contributed by atoms with Gasteiger partial charge in [0.25, 0.3) is 0 Å². The van der Waals surface area contributed by atoms with Gasteiger partial charge in [0.15, 0.2) is 0 Å². The van der Waals surface area contributed by atoms with Gasteiger partial charge in [-0.25, -0.2) is 0 Å². The van der Waals surface area contributed by atoms with Crippen LogP contribution in [0.15, 0.2) is 0 Å². The first-order chi connectivity index (χ1) is 7.86. The summed E-state index contributed by atoms with van der Waals surface area (Å²) >= 11 is 0. The zero-order chi connectivity index (χ0) is 11.2. The van der Waals surface area contributed by atoms with Crippen molar-refractivity contribution in [3.63, 3.8) is 0 Å². The molecule has 0 bridgehead atoms. The molecule has 0 amide bonds. The lowest BCUT2D eigenvalue weighted by Crippen LogP contribution is -2.38. The van der Waals surface area contributed by atoms with E-state index < -0.39 is 0 Å². The standard InChI is InChI=1S/C14H27NO/c1-12-14(9-10-16-12)15-11-13-7-5-3-2-4-6-8-13/h12-15H,2-11H2,1H3. The van der Waals surface area contributed by atoms with Crippen LogP contribution >= 0.6 is 0 Å². The molecule has 0 radical (unpaired) electrons. The first-order valence-corrected chi connectivity index (χ1v) is 7.21. The second-order valence-corrected chi connectivity index (χ2v) is 5.59. The van der Waals surface area contributed by atoms with Gasteiger partial charge in [-0.1, -0.05) is 32.1 Å². The SMILES string of the molecule is CC1OCCC1NCC1CCCCCCC1. The van der Waals surface area contributed by atoms with Crippen LogP contribution in [0.2, 0.25) is 0 Å². The van der Waals surface area contributed by atoms with Gasteiger partial charge >= 0.3 is 0 Å². The number of hydrogen-bond acceptors (Lipinski definition) is 2. The van der Waals surface area contributed by atoms with Crippen molar-refractivity contribution in [3.8, 4) is 0 Å². The summed E-state index contributed by atoms with van der Waals surface area (Å²) in [4.78, 5) is 0. The van der Waals surface area contributed by atoms with Crippen LogP contribution in [0.5, 0.6) is 0 Å². The molecule has 1 saturated heterocycles. The monoisotopic (exact) mass is 225 g/mol. The molecule has 0 aromatic heterocycles. The van der Waals surface area contributed by atoms with Crippen molar-refractivity contribution in [1.82, 2.24) is 5.32 Å². The van der Waals surface area contributed by atoms with E-state index in [9.17, 15) is 0 Å². The maximum atomic E-state index is 5.59. The van der Waals surface area contributed by atoms with Gasteiger partial charge in [-0.3, -0.25) is 0 Å². The molecule has 1 saturated carbocycles. The molecule has 2 atom stereocenters. The minimum absolute atomic E-state index is 0.425. The van der Waals surface area contributed by atoms with Crippen molar-refractivity contribution in [2.45, 2.75) is 70.4 Å². The number of ether oxygens (including phenoxy) is 1. The third-order valence-corrected chi connectivity index (χ3v) is 4.27. The van der Waals surface area contributed by atoms with E-state index >= 15 is 0 Å². The summed E-state index contributed by atoms with van der Waals surface area (Å²) in [6.07, 6.45) is 11.8. The molecule has 0 aromatic carbocycles. The Morgan fingerprint density at radius 2 is 1.69 bits per heavy atom. The van der Waals surface area contributed by atoms with Crippen molar-refractivity contribution in [1.29, 1.82) is 0 Å². The molecular formula is C14H27NO. The van der Waals surface area contributed by atoms with Crippen LogP contribution in [0.25, 0.3) is 0 Å². The van der Waals surface area contributed by atoms with E-state index in [1.807, 2.05) is 0 Å². The topological polar surface area (TPSA) is 21.3 Å². The Kier molecular flexibility index (Phi) is 5.11. The molecular weight excluding hydrogens is 198 g/mol. The number of hydrogen-bond donors (Lipinski definition) is 1. The third kappa shape index (κ3) is 3.74. The van der Waals surface area contributed by atoms with Gasteiger partial charge in [0.05, 0.1) is 6.10 Å². The Morgan fingerprint density at radius 1 is 1.00 bits per heavy atom. The van der Waals surface area contributed by atoms with Gasteiger partial charge in [-0.2, -0.15) is 0 Å². The number of rotatable bonds is 3. The highest BCUT2D eigenvalue weighted by atomic mass is 16.5. The van der Waals surface area contributed by atoms with Gasteiger partial charge in [-0.15, -0.1) is 0 Å². The van der Waals surface area contributed by atoms with Crippen molar-refractivity contribution in [2.24, 2.45) is 5.92 Å². The fraction of sp³-hybridized carbons (Fsp3) is 1.00. The molecule has 1 N–H and O–H groups in total. The molecule has 1 aliphatic heterocycles. The van der Waals surface area contributed by atoms with Crippen LogP contribution in [-0.2, 0) is 4.74 Å². The summed E-state index contributed by atoms with van der Waals surface area (Å²) < 4.78 is 5.59. The van der Waals surface area contributed by atoms with Crippen molar-refractivity contribution < 1.29 is 4.74 Å². The fourth-order valence-corrected chi connectivity index (χ4v) is 3.06. The zero-order valence-corrected chi connectivity index (χ0v) is 10.7. The minimum atomic E-state index is 0.425. The average Bonchev–Trinajstić information content (AvgIpc) is 2.63. The highest BCUT2D eigenvalue weighted by Crippen LogP contribution is 2.22. The van der Waals surface area contributed by atoms with E-state index in [1.165, 1.54) is 57.9 Å². The van der Waals surface area contributed by atoms with Crippen LogP contribution in [0, 0.1) is 5.92 Å². The molecule has 1 heterocycles. The number of nitrogens with one attached hydrogen (secondary N) is 1. The van der Waals surface area contributed by atoms with E-state index in [4.69, 9.17) is 4.74 Å². The van der Waals surface area contributed by atoms with Crippen molar-refractivity contribution in [2.75, 3.05) is 13.2 Å². The zero-order valence-electron chi connectivity index (χ0n) is 10.7. The molecule has 16 heavy (non-hydrogen) atoms. The predicted molar refractivity (Wildman–Crippen MR) is 67.6 cm³/mol. The van der Waals surface area contributed by atoms with Crippen molar-refractivity contribution in [3.05, 3.63) is 0 Å². The Labute approximate surface area is 100 Å². The van der Waals surface area contributed by atoms with Crippen LogP contribution in [0.3, 0.4) is 0 Å². The lowest BCUT2D eigenvalue weighted by atomic mass is 9.91. The Hall–Kier alpha value is -0.0800. The molecule has 2 unspecified atom stereocenters. The second kappa shape index (κ2) is 6.61. The van der Waals surface area contributed by atoms with Crippen molar-refractivity contribution >= 4 is 0 Å². The first-order valence-electron chi connectivity index (χ1n) is 7.21. The van der Waals surface area contributed by atoms with Gasteiger partial charge in [0.1, 0.15) is 0 Å². The molecule has 2 aliphatic rings. The highest BCUT2D eigenvalue weighted by Gasteiger charge is 2.24. The molecule has 0 aromatic rings. The summed E-state index contributed by atoms with van der Waals surface area (Å²) in [6, 6.07) is 0.616. The molecule has 94 valence electrons. The average molecular weight is 225 g/mol.